The first-order valence-corrected chi connectivity index (χ1v) is 26.3. The second-order valence-corrected chi connectivity index (χ2v) is 20.1. The number of rotatable bonds is 7. The Balaban J connectivity index is 1.06. The van der Waals surface area contributed by atoms with Gasteiger partial charge in [-0.15, -0.1) is 0 Å². The number of amidine groups is 2. The lowest BCUT2D eigenvalue weighted by molar-refractivity contribution is -0.516. The van der Waals surface area contributed by atoms with Crippen molar-refractivity contribution in [1.82, 2.24) is 23.6 Å². The highest BCUT2D eigenvalue weighted by Crippen LogP contribution is 2.46. The number of aromatic nitrogens is 4. The number of hydrogen-bond donors (Lipinski definition) is 2. The summed E-state index contributed by atoms with van der Waals surface area (Å²) in [5.74, 6) is 1.72. The summed E-state index contributed by atoms with van der Waals surface area (Å²) >= 11 is 0. The molecule has 4 aromatic heterocycles. The largest absolute Gasteiger partial charge is 0.324 e. The Morgan fingerprint density at radius 2 is 0.921 bits per heavy atom. The summed E-state index contributed by atoms with van der Waals surface area (Å²) in [4.78, 5) is 9.39. The average Bonchev–Trinajstić information content (AvgIpc) is 4.36. The first-order valence-electron chi connectivity index (χ1n) is 26.3. The van der Waals surface area contributed by atoms with Crippen molar-refractivity contribution in [2.75, 3.05) is 0 Å². The Morgan fingerprint density at radius 3 is 1.54 bits per heavy atom. The number of hydrogen-bond acceptors (Lipinski definition) is 2. The SMILES string of the molecule is C1=CCCC(C2=[NH+]C(c3ccccc3)NC(c3cccc4c5c(ccc6c7ccccc7n(-c7ccccc7)c65)n(-c5ccc6c(c5)c5c(ccc7c8ccccc8n(-c8ccccc8)c75)n6-c5ccccc5)c34)=N2)=C1. The molecule has 1 unspecified atom stereocenters. The summed E-state index contributed by atoms with van der Waals surface area (Å²) in [7, 11) is 0. The van der Waals surface area contributed by atoms with E-state index < -0.39 is 0 Å². The first kappa shape index (κ1) is 42.5. The van der Waals surface area contributed by atoms with Crippen LogP contribution in [0.2, 0.25) is 0 Å². The molecule has 358 valence electrons. The number of para-hydroxylation sites is 6. The third-order valence-electron chi connectivity index (χ3n) is 15.9. The molecule has 0 spiro atoms. The maximum absolute atomic E-state index is 5.57. The van der Waals surface area contributed by atoms with Crippen molar-refractivity contribution in [3.05, 3.63) is 265 Å². The molecule has 10 aromatic carbocycles. The topological polar surface area (TPSA) is 58.1 Å². The number of fused-ring (bicyclic) bond motifs is 14. The number of nitrogens with zero attached hydrogens (tertiary/aromatic N) is 5. The Hall–Kier alpha value is -9.98. The molecule has 0 amide bonds. The molecule has 0 radical (unpaired) electrons. The quantitative estimate of drug-likeness (QED) is 0.164. The van der Waals surface area contributed by atoms with Crippen molar-refractivity contribution in [1.29, 1.82) is 0 Å². The van der Waals surface area contributed by atoms with Crippen LogP contribution in [0.15, 0.2) is 259 Å². The summed E-state index contributed by atoms with van der Waals surface area (Å²) in [6.07, 6.45) is 8.29. The van der Waals surface area contributed by atoms with E-state index in [1.54, 1.807) is 0 Å². The van der Waals surface area contributed by atoms with Gasteiger partial charge in [0.25, 0.3) is 5.84 Å². The van der Waals surface area contributed by atoms with E-state index in [0.717, 1.165) is 85.8 Å². The van der Waals surface area contributed by atoms with Gasteiger partial charge in [-0.1, -0.05) is 164 Å². The van der Waals surface area contributed by atoms with Gasteiger partial charge in [-0.25, -0.2) is 4.99 Å². The number of aliphatic imine (C=N–C) groups is 1. The Morgan fingerprint density at radius 1 is 0.408 bits per heavy atom. The van der Waals surface area contributed by atoms with Crippen LogP contribution in [-0.2, 0) is 0 Å². The summed E-state index contributed by atoms with van der Waals surface area (Å²) in [5, 5.41) is 13.5. The summed E-state index contributed by atoms with van der Waals surface area (Å²) in [6.45, 7) is 0. The van der Waals surface area contributed by atoms with Gasteiger partial charge in [0.05, 0.1) is 49.7 Å². The van der Waals surface area contributed by atoms with Gasteiger partial charge >= 0.3 is 5.84 Å². The van der Waals surface area contributed by atoms with E-state index in [2.05, 4.69) is 277 Å². The molecule has 7 heteroatoms. The van der Waals surface area contributed by atoms with E-state index in [0.29, 0.717) is 0 Å². The minimum atomic E-state index is -0.213. The van der Waals surface area contributed by atoms with E-state index in [-0.39, 0.29) is 6.17 Å². The second-order valence-electron chi connectivity index (χ2n) is 20.1. The van der Waals surface area contributed by atoms with Crippen LogP contribution in [0.25, 0.3) is 110 Å². The lowest BCUT2D eigenvalue weighted by Gasteiger charge is -2.20. The minimum Gasteiger partial charge on any atom is -0.309 e. The highest BCUT2D eigenvalue weighted by Gasteiger charge is 2.32. The molecule has 0 fully saturated rings. The third kappa shape index (κ3) is 6.29. The van der Waals surface area contributed by atoms with E-state index in [1.807, 2.05) is 0 Å². The molecule has 1 atom stereocenters. The van der Waals surface area contributed by atoms with Crippen LogP contribution in [0, 0.1) is 0 Å². The van der Waals surface area contributed by atoms with Crippen molar-refractivity contribution in [3.8, 4) is 22.7 Å². The van der Waals surface area contributed by atoms with Gasteiger partial charge in [0.2, 0.25) is 0 Å². The Labute approximate surface area is 437 Å². The zero-order valence-corrected chi connectivity index (χ0v) is 41.4. The lowest BCUT2D eigenvalue weighted by atomic mass is 10.0. The monoisotopic (exact) mass is 974 g/mol. The van der Waals surface area contributed by atoms with Gasteiger partial charge in [0.1, 0.15) is 0 Å². The number of allylic oxidation sites excluding steroid dienone is 3. The highest BCUT2D eigenvalue weighted by atomic mass is 15.2. The van der Waals surface area contributed by atoms with Gasteiger partial charge in [-0.05, 0) is 103 Å². The first-order chi connectivity index (χ1) is 37.7. The van der Waals surface area contributed by atoms with Crippen LogP contribution in [0.1, 0.15) is 30.1 Å². The van der Waals surface area contributed by atoms with Crippen LogP contribution in [0.3, 0.4) is 0 Å². The fraction of sp³-hybridized carbons (Fsp3) is 0.0435. The highest BCUT2D eigenvalue weighted by molar-refractivity contribution is 6.30. The Bertz CT molecular complexity index is 4810. The molecule has 16 rings (SSSR count). The standard InChI is InChI=1S/C69H47N7/c1-6-21-44(22-7-1)67-70-68(45-23-8-2-9-24-45)72-69(71-67)55-34-20-33-54-62-61(42-39-52-50-31-16-18-35-57(50)74(65(52)62)47-27-12-4-13-28-47)76(64(54)55)49-37-40-59-56(43-49)63-60(73(59)46-25-10-3-11-26-46)41-38-53-51-32-17-19-36-58(51)75(66(53)63)48-29-14-5-15-30-48/h1-8,10-23,25-43,67H,9,24H2,(H,70,71,72)/p+1. The molecule has 0 saturated carbocycles. The summed E-state index contributed by atoms with van der Waals surface area (Å²) in [6, 6.07) is 84.2. The zero-order chi connectivity index (χ0) is 49.8. The third-order valence-corrected chi connectivity index (χ3v) is 15.9. The predicted molar refractivity (Wildman–Crippen MR) is 315 cm³/mol. The normalized spacial score (nSPS) is 14.9. The van der Waals surface area contributed by atoms with Crippen LogP contribution < -0.4 is 10.3 Å². The maximum Gasteiger partial charge on any atom is 0.324 e. The van der Waals surface area contributed by atoms with Gasteiger partial charge in [-0.3, -0.25) is 0 Å². The van der Waals surface area contributed by atoms with Gasteiger partial charge in [0, 0.05) is 77.0 Å². The van der Waals surface area contributed by atoms with Crippen molar-refractivity contribution < 1.29 is 4.99 Å². The average molecular weight is 975 g/mol. The molecule has 5 heterocycles. The van der Waals surface area contributed by atoms with Crippen LogP contribution >= 0.6 is 0 Å². The van der Waals surface area contributed by atoms with Crippen molar-refractivity contribution in [2.45, 2.75) is 19.0 Å². The van der Waals surface area contributed by atoms with Crippen molar-refractivity contribution in [2.24, 2.45) is 4.99 Å². The smallest absolute Gasteiger partial charge is 0.309 e. The molecule has 0 bridgehead atoms. The van der Waals surface area contributed by atoms with Crippen molar-refractivity contribution in [3.63, 3.8) is 0 Å². The van der Waals surface area contributed by atoms with Crippen molar-refractivity contribution >= 4 is 98.9 Å². The molecule has 2 N–H and O–H groups in total. The van der Waals surface area contributed by atoms with Gasteiger partial charge < -0.3 is 23.6 Å². The Kier molecular flexibility index (Phi) is 9.39. The van der Waals surface area contributed by atoms with Crippen LogP contribution in [-0.4, -0.2) is 29.9 Å². The zero-order valence-electron chi connectivity index (χ0n) is 41.4. The molecular weight excluding hydrogens is 927 g/mol. The van der Waals surface area contributed by atoms with E-state index in [4.69, 9.17) is 4.99 Å². The fourth-order valence-electron chi connectivity index (χ4n) is 12.7. The van der Waals surface area contributed by atoms with E-state index >= 15 is 0 Å². The molecule has 2 aliphatic rings. The second kappa shape index (κ2) is 16.8. The number of nitrogens with one attached hydrogen (secondary N) is 2. The molecule has 7 nitrogen and oxygen atoms in total. The summed E-state index contributed by atoms with van der Waals surface area (Å²) in [5.41, 5.74) is 17.0. The van der Waals surface area contributed by atoms with Crippen LogP contribution in [0.5, 0.6) is 0 Å². The molecule has 14 aromatic rings. The molecule has 76 heavy (non-hydrogen) atoms. The summed E-state index contributed by atoms with van der Waals surface area (Å²) < 4.78 is 9.92. The molecule has 0 saturated heterocycles. The van der Waals surface area contributed by atoms with Gasteiger partial charge in [0.15, 0.2) is 6.17 Å². The maximum atomic E-state index is 5.57. The number of benzene rings is 10. The minimum absolute atomic E-state index is 0.213. The van der Waals surface area contributed by atoms with Gasteiger partial charge in [-0.2, -0.15) is 0 Å². The molecule has 1 aliphatic carbocycles. The molecule has 1 aliphatic heterocycles. The van der Waals surface area contributed by atoms with E-state index in [1.165, 1.54) is 65.3 Å². The lowest BCUT2D eigenvalue weighted by Crippen LogP contribution is -2.80. The predicted octanol–water partition coefficient (Wildman–Crippen LogP) is 14.9. The van der Waals surface area contributed by atoms with E-state index in [9.17, 15) is 0 Å². The van der Waals surface area contributed by atoms with Crippen LogP contribution in [0.4, 0.5) is 0 Å². The molecular formula is C69H48N7+. The fourth-order valence-corrected chi connectivity index (χ4v) is 12.7.